The fraction of sp³-hybridized carbons (Fsp3) is 0. The zero-order valence-corrected chi connectivity index (χ0v) is 17.3. The second kappa shape index (κ2) is 7.86. The lowest BCUT2D eigenvalue weighted by Gasteiger charge is -2.07. The standard InChI is InChI=1S/C25H16Cl2N2O/c26-18-10-11-20(21(27)14-18)22-15-28-25(29-22)13-9-16-4-1-2-6-19(16)24-12-8-17-5-3-7-23(17)30-24/h1-15H,(H,28,29)/b13-9+. The molecule has 0 radical (unpaired) electrons. The van der Waals surface area contributed by atoms with Gasteiger partial charge in [0.05, 0.1) is 16.9 Å². The van der Waals surface area contributed by atoms with Crippen molar-refractivity contribution in [2.45, 2.75) is 0 Å². The second-order valence-corrected chi connectivity index (χ2v) is 7.72. The number of aromatic nitrogens is 2. The minimum Gasteiger partial charge on any atom is -0.456 e. The average molecular weight is 431 g/mol. The highest BCUT2D eigenvalue weighted by atomic mass is 35.5. The first-order chi connectivity index (χ1) is 14.7. The summed E-state index contributed by atoms with van der Waals surface area (Å²) in [4.78, 5) is 7.74. The lowest BCUT2D eigenvalue weighted by atomic mass is 10.0. The minimum absolute atomic E-state index is 0.580. The van der Waals surface area contributed by atoms with E-state index in [2.05, 4.69) is 22.1 Å². The Labute approximate surface area is 184 Å². The maximum Gasteiger partial charge on any atom is 0.135 e. The van der Waals surface area contributed by atoms with E-state index in [1.807, 2.05) is 66.7 Å². The molecular weight excluding hydrogens is 415 g/mol. The van der Waals surface area contributed by atoms with Crippen LogP contribution in [-0.2, 0) is 0 Å². The first-order valence-corrected chi connectivity index (χ1v) is 10.2. The van der Waals surface area contributed by atoms with E-state index in [1.165, 1.54) is 0 Å². The summed E-state index contributed by atoms with van der Waals surface area (Å²) in [6.07, 6.45) is 5.72. The first kappa shape index (κ1) is 18.7. The van der Waals surface area contributed by atoms with Gasteiger partial charge in [0.1, 0.15) is 17.3 Å². The van der Waals surface area contributed by atoms with E-state index >= 15 is 0 Å². The number of H-pyrrole nitrogens is 1. The van der Waals surface area contributed by atoms with Crippen molar-refractivity contribution in [3.63, 3.8) is 0 Å². The van der Waals surface area contributed by atoms with Crippen LogP contribution >= 0.6 is 23.2 Å². The van der Waals surface area contributed by atoms with Gasteiger partial charge in [-0.2, -0.15) is 0 Å². The molecule has 0 saturated heterocycles. The third-order valence-corrected chi connectivity index (χ3v) is 5.45. The summed E-state index contributed by atoms with van der Waals surface area (Å²) in [5.74, 6) is 2.43. The molecule has 0 bridgehead atoms. The van der Waals surface area contributed by atoms with Gasteiger partial charge in [0, 0.05) is 21.7 Å². The largest absolute Gasteiger partial charge is 0.456 e. The smallest absolute Gasteiger partial charge is 0.135 e. The molecule has 2 aliphatic rings. The lowest BCUT2D eigenvalue weighted by Crippen LogP contribution is -1.85. The van der Waals surface area contributed by atoms with Gasteiger partial charge in [0.15, 0.2) is 0 Å². The van der Waals surface area contributed by atoms with Crippen LogP contribution in [0.4, 0.5) is 0 Å². The molecule has 1 aromatic heterocycles. The number of nitrogens with zero attached hydrogens (tertiary/aromatic N) is 1. The van der Waals surface area contributed by atoms with Crippen molar-refractivity contribution in [1.29, 1.82) is 0 Å². The molecule has 146 valence electrons. The summed E-state index contributed by atoms with van der Waals surface area (Å²) >= 11 is 12.3. The van der Waals surface area contributed by atoms with Gasteiger partial charge >= 0.3 is 0 Å². The van der Waals surface area contributed by atoms with Crippen molar-refractivity contribution in [3.05, 3.63) is 100 Å². The van der Waals surface area contributed by atoms with Crippen molar-refractivity contribution in [1.82, 2.24) is 9.97 Å². The quantitative estimate of drug-likeness (QED) is 0.314. The molecule has 3 aromatic rings. The topological polar surface area (TPSA) is 41.8 Å². The summed E-state index contributed by atoms with van der Waals surface area (Å²) in [7, 11) is 0. The van der Waals surface area contributed by atoms with Crippen LogP contribution in [0.25, 0.3) is 46.1 Å². The van der Waals surface area contributed by atoms with Gasteiger partial charge in [0.25, 0.3) is 0 Å². The van der Waals surface area contributed by atoms with Crippen LogP contribution in [0.3, 0.4) is 0 Å². The highest BCUT2D eigenvalue weighted by Crippen LogP contribution is 2.32. The number of halogens is 2. The van der Waals surface area contributed by atoms with Gasteiger partial charge in [-0.1, -0.05) is 65.7 Å². The Morgan fingerprint density at radius 3 is 2.60 bits per heavy atom. The molecule has 0 amide bonds. The molecule has 1 aliphatic heterocycles. The van der Waals surface area contributed by atoms with Crippen LogP contribution in [0, 0.1) is 0 Å². The van der Waals surface area contributed by atoms with Crippen molar-refractivity contribution in [2.24, 2.45) is 0 Å². The van der Waals surface area contributed by atoms with Gasteiger partial charge < -0.3 is 9.40 Å². The van der Waals surface area contributed by atoms with Crippen molar-refractivity contribution >= 4 is 35.4 Å². The van der Waals surface area contributed by atoms with Crippen molar-refractivity contribution < 1.29 is 4.42 Å². The maximum atomic E-state index is 6.31. The summed E-state index contributed by atoms with van der Waals surface area (Å²) in [5.41, 5.74) is 4.84. The average Bonchev–Trinajstić information content (AvgIpc) is 3.41. The van der Waals surface area contributed by atoms with Crippen LogP contribution in [0.15, 0.2) is 83.4 Å². The van der Waals surface area contributed by atoms with E-state index in [0.29, 0.717) is 10.0 Å². The van der Waals surface area contributed by atoms with Gasteiger partial charge in [-0.25, -0.2) is 4.98 Å². The molecule has 2 heterocycles. The molecule has 0 unspecified atom stereocenters. The van der Waals surface area contributed by atoms with Crippen LogP contribution in [0.5, 0.6) is 0 Å². The number of aromatic amines is 1. The summed E-state index contributed by atoms with van der Waals surface area (Å²) < 4.78 is 6.08. The predicted molar refractivity (Wildman–Crippen MR) is 124 cm³/mol. The monoisotopic (exact) mass is 430 g/mol. The molecule has 0 fully saturated rings. The van der Waals surface area contributed by atoms with Crippen molar-refractivity contribution in [3.8, 4) is 33.9 Å². The van der Waals surface area contributed by atoms with E-state index in [1.54, 1.807) is 12.3 Å². The van der Waals surface area contributed by atoms with Crippen LogP contribution in [0.1, 0.15) is 11.4 Å². The van der Waals surface area contributed by atoms with E-state index < -0.39 is 0 Å². The fourth-order valence-corrected chi connectivity index (χ4v) is 3.92. The molecular formula is C25H16Cl2N2O. The van der Waals surface area contributed by atoms with Gasteiger partial charge in [0.2, 0.25) is 0 Å². The van der Waals surface area contributed by atoms with Crippen LogP contribution in [-0.4, -0.2) is 9.97 Å². The van der Waals surface area contributed by atoms with Crippen LogP contribution < -0.4 is 0 Å². The third-order valence-electron chi connectivity index (χ3n) is 4.91. The summed E-state index contributed by atoms with van der Waals surface area (Å²) in [5, 5.41) is 1.18. The zero-order valence-electron chi connectivity index (χ0n) is 15.8. The normalized spacial score (nSPS) is 11.5. The highest BCUT2D eigenvalue weighted by Gasteiger charge is 2.10. The second-order valence-electron chi connectivity index (χ2n) is 6.87. The third kappa shape index (κ3) is 3.65. The molecule has 5 heteroatoms. The lowest BCUT2D eigenvalue weighted by molar-refractivity contribution is 0.583. The Kier molecular flexibility index (Phi) is 4.91. The van der Waals surface area contributed by atoms with E-state index in [0.717, 1.165) is 45.3 Å². The number of nitrogens with one attached hydrogen (secondary N) is 1. The molecule has 2 aromatic carbocycles. The number of imidazole rings is 1. The Morgan fingerprint density at radius 2 is 1.70 bits per heavy atom. The fourth-order valence-electron chi connectivity index (χ4n) is 3.41. The molecule has 0 saturated carbocycles. The number of hydrogen-bond acceptors (Lipinski definition) is 2. The number of hydrogen-bond donors (Lipinski definition) is 1. The Hall–Kier alpha value is -3.27. The minimum atomic E-state index is 0.580. The summed E-state index contributed by atoms with van der Waals surface area (Å²) in [6.45, 7) is 0. The predicted octanol–water partition coefficient (Wildman–Crippen LogP) is 7.92. The highest BCUT2D eigenvalue weighted by molar-refractivity contribution is 6.36. The van der Waals surface area contributed by atoms with Crippen LogP contribution in [0.2, 0.25) is 10.0 Å². The molecule has 30 heavy (non-hydrogen) atoms. The zero-order chi connectivity index (χ0) is 20.5. The maximum absolute atomic E-state index is 6.31. The first-order valence-electron chi connectivity index (χ1n) is 9.44. The van der Waals surface area contributed by atoms with E-state index in [-0.39, 0.29) is 0 Å². The SMILES string of the molecule is Clc1ccc(-c2cnc(/C=C/c3ccccc3-c3ccc4cccc-4o3)[nH]2)c(Cl)c1. The molecule has 1 N–H and O–H groups in total. The summed E-state index contributed by atoms with van der Waals surface area (Å²) in [6, 6.07) is 23.6. The molecule has 0 spiro atoms. The Morgan fingerprint density at radius 1 is 0.800 bits per heavy atom. The Balaban J connectivity index is 1.46. The van der Waals surface area contributed by atoms with Gasteiger partial charge in [-0.15, -0.1) is 0 Å². The Bertz CT molecular complexity index is 1330. The number of benzene rings is 2. The molecule has 1 aliphatic carbocycles. The number of fused-ring (bicyclic) bond motifs is 1. The van der Waals surface area contributed by atoms with E-state index in [4.69, 9.17) is 27.6 Å². The molecule has 5 rings (SSSR count). The van der Waals surface area contributed by atoms with E-state index in [9.17, 15) is 0 Å². The molecule has 0 atom stereocenters. The van der Waals surface area contributed by atoms with Gasteiger partial charge in [-0.3, -0.25) is 0 Å². The molecule has 3 nitrogen and oxygen atoms in total. The van der Waals surface area contributed by atoms with Gasteiger partial charge in [-0.05, 0) is 48.0 Å². The number of rotatable bonds is 4. The van der Waals surface area contributed by atoms with Crippen molar-refractivity contribution in [2.75, 3.05) is 0 Å².